The SMILES string of the molecule is Cc1cc(NC(=O)CCN2CCN(CC3CCCO3)CC2)no1. The van der Waals surface area contributed by atoms with Crippen molar-refractivity contribution in [1.29, 1.82) is 0 Å². The second kappa shape index (κ2) is 7.90. The summed E-state index contributed by atoms with van der Waals surface area (Å²) in [4.78, 5) is 16.7. The van der Waals surface area contributed by atoms with Gasteiger partial charge >= 0.3 is 0 Å². The fraction of sp³-hybridized carbons (Fsp3) is 0.750. The Hall–Kier alpha value is -1.44. The number of piperazine rings is 1. The fourth-order valence-electron chi connectivity index (χ4n) is 3.16. The summed E-state index contributed by atoms with van der Waals surface area (Å²) in [6.07, 6.45) is 3.31. The van der Waals surface area contributed by atoms with Gasteiger partial charge in [-0.1, -0.05) is 5.16 Å². The van der Waals surface area contributed by atoms with Crippen LogP contribution in [0.4, 0.5) is 5.82 Å². The van der Waals surface area contributed by atoms with E-state index in [1.54, 1.807) is 13.0 Å². The number of aryl methyl sites for hydroxylation is 1. The molecule has 128 valence electrons. The van der Waals surface area contributed by atoms with Gasteiger partial charge < -0.3 is 19.5 Å². The number of amides is 1. The Morgan fingerprint density at radius 3 is 2.78 bits per heavy atom. The van der Waals surface area contributed by atoms with Gasteiger partial charge in [0, 0.05) is 58.4 Å². The number of carbonyl (C=O) groups excluding carboxylic acids is 1. The summed E-state index contributed by atoms with van der Waals surface area (Å²) in [6, 6.07) is 1.72. The second-order valence-electron chi connectivity index (χ2n) is 6.40. The predicted molar refractivity (Wildman–Crippen MR) is 86.3 cm³/mol. The second-order valence-corrected chi connectivity index (χ2v) is 6.40. The first-order valence-corrected chi connectivity index (χ1v) is 8.48. The largest absolute Gasteiger partial charge is 0.377 e. The van der Waals surface area contributed by atoms with Crippen molar-refractivity contribution in [2.75, 3.05) is 51.2 Å². The predicted octanol–water partition coefficient (Wildman–Crippen LogP) is 1.11. The molecule has 1 atom stereocenters. The van der Waals surface area contributed by atoms with Gasteiger partial charge in [-0.2, -0.15) is 0 Å². The lowest BCUT2D eigenvalue weighted by atomic mass is 10.2. The van der Waals surface area contributed by atoms with Crippen LogP contribution in [0.2, 0.25) is 0 Å². The Labute approximate surface area is 136 Å². The number of ether oxygens (including phenoxy) is 1. The smallest absolute Gasteiger partial charge is 0.226 e. The van der Waals surface area contributed by atoms with Crippen molar-refractivity contribution in [1.82, 2.24) is 15.0 Å². The lowest BCUT2D eigenvalue weighted by Crippen LogP contribution is -2.48. The Balaban J connectivity index is 1.31. The highest BCUT2D eigenvalue weighted by atomic mass is 16.5. The molecule has 1 unspecified atom stereocenters. The summed E-state index contributed by atoms with van der Waals surface area (Å²) in [5.41, 5.74) is 0. The summed E-state index contributed by atoms with van der Waals surface area (Å²) in [5, 5.41) is 6.53. The molecule has 1 N–H and O–H groups in total. The van der Waals surface area contributed by atoms with Gasteiger partial charge in [0.25, 0.3) is 0 Å². The number of carbonyl (C=O) groups is 1. The van der Waals surface area contributed by atoms with E-state index in [0.29, 0.717) is 24.1 Å². The molecule has 0 saturated carbocycles. The zero-order chi connectivity index (χ0) is 16.1. The van der Waals surface area contributed by atoms with Crippen LogP contribution >= 0.6 is 0 Å². The first kappa shape index (κ1) is 16.4. The summed E-state index contributed by atoms with van der Waals surface area (Å²) in [5.74, 6) is 1.18. The molecular formula is C16H26N4O3. The molecule has 7 heteroatoms. The highest BCUT2D eigenvalue weighted by Crippen LogP contribution is 2.14. The van der Waals surface area contributed by atoms with Crippen LogP contribution in [0.3, 0.4) is 0 Å². The number of hydrogen-bond acceptors (Lipinski definition) is 6. The molecule has 1 amide bonds. The van der Waals surface area contributed by atoms with Crippen LogP contribution in [0.25, 0.3) is 0 Å². The number of rotatable bonds is 6. The van der Waals surface area contributed by atoms with E-state index < -0.39 is 0 Å². The number of aromatic nitrogens is 1. The summed E-state index contributed by atoms with van der Waals surface area (Å²) >= 11 is 0. The summed E-state index contributed by atoms with van der Waals surface area (Å²) in [7, 11) is 0. The number of nitrogens with zero attached hydrogens (tertiary/aromatic N) is 3. The van der Waals surface area contributed by atoms with Crippen LogP contribution < -0.4 is 5.32 Å². The van der Waals surface area contributed by atoms with Crippen molar-refractivity contribution in [2.24, 2.45) is 0 Å². The van der Waals surface area contributed by atoms with Crippen LogP contribution in [0.15, 0.2) is 10.6 Å². The van der Waals surface area contributed by atoms with Crippen molar-refractivity contribution in [3.05, 3.63) is 11.8 Å². The molecule has 2 aliphatic heterocycles. The molecule has 0 bridgehead atoms. The highest BCUT2D eigenvalue weighted by Gasteiger charge is 2.22. The molecule has 7 nitrogen and oxygen atoms in total. The topological polar surface area (TPSA) is 70.8 Å². The standard InChI is InChI=1S/C16H26N4O3/c1-13-11-15(18-23-13)17-16(21)4-5-19-6-8-20(9-7-19)12-14-3-2-10-22-14/h11,14H,2-10,12H2,1H3,(H,17,18,21). The molecule has 2 aliphatic rings. The Kier molecular flexibility index (Phi) is 5.64. The number of anilines is 1. The van der Waals surface area contributed by atoms with E-state index >= 15 is 0 Å². The Bertz CT molecular complexity index is 505. The number of hydrogen-bond donors (Lipinski definition) is 1. The van der Waals surface area contributed by atoms with Gasteiger partial charge in [0.05, 0.1) is 6.10 Å². The van der Waals surface area contributed by atoms with Crippen LogP contribution in [0, 0.1) is 6.92 Å². The molecule has 1 aromatic heterocycles. The highest BCUT2D eigenvalue weighted by molar-refractivity contribution is 5.89. The van der Waals surface area contributed by atoms with Crippen molar-refractivity contribution >= 4 is 11.7 Å². The first-order valence-electron chi connectivity index (χ1n) is 8.48. The molecule has 2 saturated heterocycles. The summed E-state index contributed by atoms with van der Waals surface area (Å²) < 4.78 is 10.6. The van der Waals surface area contributed by atoms with Crippen molar-refractivity contribution in [3.63, 3.8) is 0 Å². The van der Waals surface area contributed by atoms with Gasteiger partial charge in [-0.25, -0.2) is 0 Å². The molecule has 23 heavy (non-hydrogen) atoms. The van der Waals surface area contributed by atoms with E-state index in [1.807, 2.05) is 0 Å². The molecule has 1 aromatic rings. The lowest BCUT2D eigenvalue weighted by Gasteiger charge is -2.35. The van der Waals surface area contributed by atoms with Crippen LogP contribution in [-0.4, -0.2) is 72.8 Å². The minimum absolute atomic E-state index is 0.0138. The average Bonchev–Trinajstić information content (AvgIpc) is 3.19. The van der Waals surface area contributed by atoms with E-state index in [1.165, 1.54) is 12.8 Å². The molecule has 0 spiro atoms. The van der Waals surface area contributed by atoms with Crippen LogP contribution in [0.5, 0.6) is 0 Å². The third-order valence-corrected chi connectivity index (χ3v) is 4.50. The van der Waals surface area contributed by atoms with Crippen molar-refractivity contribution < 1.29 is 14.1 Å². The maximum atomic E-state index is 11.9. The van der Waals surface area contributed by atoms with Gasteiger partial charge in [-0.05, 0) is 19.8 Å². The van der Waals surface area contributed by atoms with E-state index in [-0.39, 0.29) is 5.91 Å². The van der Waals surface area contributed by atoms with Gasteiger partial charge in [0.1, 0.15) is 5.76 Å². The third kappa shape index (κ3) is 5.02. The van der Waals surface area contributed by atoms with Crippen molar-refractivity contribution in [3.8, 4) is 0 Å². The molecule has 3 rings (SSSR count). The molecule has 3 heterocycles. The van der Waals surface area contributed by atoms with Gasteiger partial charge in [0.2, 0.25) is 5.91 Å². The Morgan fingerprint density at radius 1 is 1.35 bits per heavy atom. The normalized spacial score (nSPS) is 23.3. The Morgan fingerprint density at radius 2 is 2.13 bits per heavy atom. The first-order chi connectivity index (χ1) is 11.2. The van der Waals surface area contributed by atoms with Crippen LogP contribution in [-0.2, 0) is 9.53 Å². The van der Waals surface area contributed by atoms with E-state index in [4.69, 9.17) is 9.26 Å². The minimum atomic E-state index is -0.0138. The maximum Gasteiger partial charge on any atom is 0.226 e. The van der Waals surface area contributed by atoms with E-state index in [9.17, 15) is 4.79 Å². The zero-order valence-electron chi connectivity index (χ0n) is 13.8. The van der Waals surface area contributed by atoms with Gasteiger partial charge in [-0.15, -0.1) is 0 Å². The van der Waals surface area contributed by atoms with Crippen molar-refractivity contribution in [2.45, 2.75) is 32.3 Å². The average molecular weight is 322 g/mol. The van der Waals surface area contributed by atoms with Gasteiger partial charge in [-0.3, -0.25) is 9.69 Å². The molecule has 0 aliphatic carbocycles. The quantitative estimate of drug-likeness (QED) is 0.846. The third-order valence-electron chi connectivity index (χ3n) is 4.50. The molecule has 0 aromatic carbocycles. The molecular weight excluding hydrogens is 296 g/mol. The van der Waals surface area contributed by atoms with E-state index in [2.05, 4.69) is 20.3 Å². The minimum Gasteiger partial charge on any atom is -0.377 e. The monoisotopic (exact) mass is 322 g/mol. The fourth-order valence-corrected chi connectivity index (χ4v) is 3.16. The lowest BCUT2D eigenvalue weighted by molar-refractivity contribution is -0.116. The zero-order valence-corrected chi connectivity index (χ0v) is 13.8. The maximum absolute atomic E-state index is 11.9. The van der Waals surface area contributed by atoms with Crippen LogP contribution in [0.1, 0.15) is 25.0 Å². The molecule has 2 fully saturated rings. The van der Waals surface area contributed by atoms with Gasteiger partial charge in [0.15, 0.2) is 5.82 Å². The number of nitrogens with one attached hydrogen (secondary N) is 1. The molecule has 0 radical (unpaired) electrons. The summed E-state index contributed by atoms with van der Waals surface area (Å²) in [6.45, 7) is 8.72. The van der Waals surface area contributed by atoms with E-state index in [0.717, 1.165) is 45.9 Å².